The van der Waals surface area contributed by atoms with Crippen molar-refractivity contribution in [1.29, 1.82) is 0 Å². The van der Waals surface area contributed by atoms with E-state index in [4.69, 9.17) is 5.11 Å². The summed E-state index contributed by atoms with van der Waals surface area (Å²) in [6, 6.07) is 1.99. The predicted octanol–water partition coefficient (Wildman–Crippen LogP) is 1.62. The van der Waals surface area contributed by atoms with Gasteiger partial charge in [-0.1, -0.05) is 12.5 Å². The fraction of sp³-hybridized carbons (Fsp3) is 0.786. The molecule has 2 fully saturated rings. The molecule has 4 nitrogen and oxygen atoms in total. The number of carbonyl (C=O) groups is 1. The third-order valence-electron chi connectivity index (χ3n) is 4.49. The van der Waals surface area contributed by atoms with Crippen molar-refractivity contribution in [1.82, 2.24) is 10.2 Å². The van der Waals surface area contributed by atoms with E-state index in [2.05, 4.69) is 17.3 Å². The lowest BCUT2D eigenvalue weighted by Gasteiger charge is -2.47. The third-order valence-corrected chi connectivity index (χ3v) is 4.49. The Morgan fingerprint density at radius 2 is 2.00 bits per heavy atom. The first-order valence-corrected chi connectivity index (χ1v) is 6.93. The van der Waals surface area contributed by atoms with Crippen LogP contribution in [-0.4, -0.2) is 47.7 Å². The van der Waals surface area contributed by atoms with Gasteiger partial charge in [-0.15, -0.1) is 0 Å². The third kappa shape index (κ3) is 3.12. The lowest BCUT2D eigenvalue weighted by Crippen LogP contribution is -2.54. The molecule has 2 N–H and O–H groups in total. The number of nitrogens with zero attached hydrogens (tertiary/aromatic N) is 1. The molecule has 2 rings (SSSR count). The van der Waals surface area contributed by atoms with Crippen molar-refractivity contribution in [3.63, 3.8) is 0 Å². The highest BCUT2D eigenvalue weighted by molar-refractivity contribution is 5.85. The van der Waals surface area contributed by atoms with Crippen LogP contribution in [0.4, 0.5) is 0 Å². The van der Waals surface area contributed by atoms with Gasteiger partial charge >= 0.3 is 5.97 Å². The first kappa shape index (κ1) is 13.6. The summed E-state index contributed by atoms with van der Waals surface area (Å²) in [5.41, 5.74) is 0.427. The van der Waals surface area contributed by atoms with Gasteiger partial charge in [0.1, 0.15) is 0 Å². The number of hydrogen-bond donors (Lipinski definition) is 2. The van der Waals surface area contributed by atoms with Crippen molar-refractivity contribution in [3.8, 4) is 0 Å². The van der Waals surface area contributed by atoms with Crippen LogP contribution in [0.1, 0.15) is 39.0 Å². The molecule has 102 valence electrons. The van der Waals surface area contributed by atoms with Crippen LogP contribution in [0, 0.1) is 0 Å². The van der Waals surface area contributed by atoms with Crippen LogP contribution >= 0.6 is 0 Å². The van der Waals surface area contributed by atoms with Crippen molar-refractivity contribution >= 4 is 5.97 Å². The summed E-state index contributed by atoms with van der Waals surface area (Å²) in [7, 11) is 2.25. The first-order chi connectivity index (χ1) is 8.58. The fourth-order valence-corrected chi connectivity index (χ4v) is 3.25. The largest absolute Gasteiger partial charge is 0.478 e. The molecule has 2 saturated heterocycles. The quantitative estimate of drug-likeness (QED) is 0.747. The number of fused-ring (bicyclic) bond motifs is 2. The average Bonchev–Trinajstić information content (AvgIpc) is 2.29. The second-order valence-electron chi connectivity index (χ2n) is 5.67. The molecule has 2 unspecified atom stereocenters. The van der Waals surface area contributed by atoms with Crippen LogP contribution in [0.15, 0.2) is 11.6 Å². The fourth-order valence-electron chi connectivity index (χ4n) is 3.25. The number of piperidine rings is 2. The maximum atomic E-state index is 10.7. The minimum atomic E-state index is -0.822. The zero-order chi connectivity index (χ0) is 13.1. The second-order valence-corrected chi connectivity index (χ2v) is 5.67. The lowest BCUT2D eigenvalue weighted by molar-refractivity contribution is -0.132. The Morgan fingerprint density at radius 3 is 2.56 bits per heavy atom. The molecule has 2 bridgehead atoms. The molecule has 0 spiro atoms. The van der Waals surface area contributed by atoms with Crippen molar-refractivity contribution in [2.24, 2.45) is 0 Å². The number of rotatable bonds is 4. The van der Waals surface area contributed by atoms with E-state index in [1.807, 2.05) is 0 Å². The molecule has 2 aliphatic heterocycles. The van der Waals surface area contributed by atoms with Crippen molar-refractivity contribution in [2.45, 2.75) is 57.2 Å². The molecule has 4 heteroatoms. The van der Waals surface area contributed by atoms with Crippen LogP contribution in [0.25, 0.3) is 0 Å². The maximum absolute atomic E-state index is 10.7. The minimum Gasteiger partial charge on any atom is -0.478 e. The Morgan fingerprint density at radius 1 is 1.39 bits per heavy atom. The van der Waals surface area contributed by atoms with E-state index in [-0.39, 0.29) is 0 Å². The zero-order valence-corrected chi connectivity index (χ0v) is 11.4. The molecule has 2 atom stereocenters. The van der Waals surface area contributed by atoms with E-state index >= 15 is 0 Å². The zero-order valence-electron chi connectivity index (χ0n) is 11.4. The van der Waals surface area contributed by atoms with E-state index in [9.17, 15) is 4.79 Å². The molecule has 0 aromatic heterocycles. The van der Waals surface area contributed by atoms with Gasteiger partial charge in [-0.3, -0.25) is 0 Å². The molecule has 0 aromatic carbocycles. The topological polar surface area (TPSA) is 52.6 Å². The summed E-state index contributed by atoms with van der Waals surface area (Å²) in [6.07, 6.45) is 8.17. The monoisotopic (exact) mass is 252 g/mol. The molecule has 2 aliphatic rings. The summed E-state index contributed by atoms with van der Waals surface area (Å²) in [5, 5.41) is 12.3. The van der Waals surface area contributed by atoms with E-state index < -0.39 is 5.97 Å². The molecule has 2 heterocycles. The van der Waals surface area contributed by atoms with Crippen molar-refractivity contribution in [2.75, 3.05) is 13.6 Å². The smallest absolute Gasteiger partial charge is 0.330 e. The van der Waals surface area contributed by atoms with Gasteiger partial charge in [-0.05, 0) is 39.7 Å². The summed E-state index contributed by atoms with van der Waals surface area (Å²) >= 11 is 0. The molecule has 0 aliphatic carbocycles. The highest BCUT2D eigenvalue weighted by Gasteiger charge is 2.35. The summed E-state index contributed by atoms with van der Waals surface area (Å²) in [4.78, 5) is 13.2. The normalized spacial score (nSPS) is 33.4. The molecular formula is C14H24N2O2. The predicted molar refractivity (Wildman–Crippen MR) is 71.6 cm³/mol. The SMILES string of the molecule is C/C(=C/CNC1CC2CCCC(C1)N2C)C(=O)O. The summed E-state index contributed by atoms with van der Waals surface area (Å²) in [5.74, 6) is -0.822. The molecule has 0 amide bonds. The number of aliphatic carboxylic acids is 1. The van der Waals surface area contributed by atoms with Gasteiger partial charge in [0.2, 0.25) is 0 Å². The average molecular weight is 252 g/mol. The van der Waals surface area contributed by atoms with Gasteiger partial charge in [0.15, 0.2) is 0 Å². The first-order valence-electron chi connectivity index (χ1n) is 6.93. The number of hydrogen-bond acceptors (Lipinski definition) is 3. The van der Waals surface area contributed by atoms with Gasteiger partial charge in [0.05, 0.1) is 0 Å². The summed E-state index contributed by atoms with van der Waals surface area (Å²) in [6.45, 7) is 2.32. The highest BCUT2D eigenvalue weighted by Crippen LogP contribution is 2.32. The van der Waals surface area contributed by atoms with Crippen LogP contribution < -0.4 is 5.32 Å². The van der Waals surface area contributed by atoms with Gasteiger partial charge in [0.25, 0.3) is 0 Å². The Labute approximate surface area is 109 Å². The lowest BCUT2D eigenvalue weighted by atomic mass is 9.82. The molecule has 0 saturated carbocycles. The van der Waals surface area contributed by atoms with Gasteiger partial charge in [-0.2, -0.15) is 0 Å². The number of carboxylic acid groups (broad SMARTS) is 1. The van der Waals surface area contributed by atoms with Gasteiger partial charge in [-0.25, -0.2) is 4.79 Å². The highest BCUT2D eigenvalue weighted by atomic mass is 16.4. The number of carboxylic acids is 1. The number of nitrogens with one attached hydrogen (secondary N) is 1. The van der Waals surface area contributed by atoms with Crippen LogP contribution in [0.5, 0.6) is 0 Å². The van der Waals surface area contributed by atoms with E-state index in [1.165, 1.54) is 32.1 Å². The molecular weight excluding hydrogens is 228 g/mol. The van der Waals surface area contributed by atoms with E-state index in [0.29, 0.717) is 18.2 Å². The van der Waals surface area contributed by atoms with Crippen LogP contribution in [0.3, 0.4) is 0 Å². The van der Waals surface area contributed by atoms with E-state index in [1.54, 1.807) is 13.0 Å². The van der Waals surface area contributed by atoms with Crippen LogP contribution in [-0.2, 0) is 4.79 Å². The van der Waals surface area contributed by atoms with Crippen molar-refractivity contribution in [3.05, 3.63) is 11.6 Å². The Balaban J connectivity index is 1.81. The standard InChI is InChI=1S/C14H24N2O2/c1-10(14(17)18)6-7-15-11-8-12-4-3-5-13(9-11)16(12)2/h6,11-13,15H,3-5,7-9H2,1-2H3,(H,17,18)/b10-6-. The second kappa shape index (κ2) is 5.85. The Bertz CT molecular complexity index is 327. The Hall–Kier alpha value is -0.870. The minimum absolute atomic E-state index is 0.427. The maximum Gasteiger partial charge on any atom is 0.330 e. The molecule has 18 heavy (non-hydrogen) atoms. The van der Waals surface area contributed by atoms with Crippen molar-refractivity contribution < 1.29 is 9.90 Å². The van der Waals surface area contributed by atoms with Gasteiger partial charge in [0, 0.05) is 30.2 Å². The van der Waals surface area contributed by atoms with Crippen LogP contribution in [0.2, 0.25) is 0 Å². The Kier molecular flexibility index (Phi) is 4.40. The molecule has 0 radical (unpaired) electrons. The molecule has 0 aromatic rings. The summed E-state index contributed by atoms with van der Waals surface area (Å²) < 4.78 is 0. The van der Waals surface area contributed by atoms with Gasteiger partial charge < -0.3 is 15.3 Å². The van der Waals surface area contributed by atoms with E-state index in [0.717, 1.165) is 12.1 Å².